The number of fused-ring (bicyclic) bond motifs is 1. The van der Waals surface area contributed by atoms with E-state index in [-0.39, 0.29) is 5.82 Å². The first-order chi connectivity index (χ1) is 8.27. The summed E-state index contributed by atoms with van der Waals surface area (Å²) in [6.45, 7) is 1.79. The lowest BCUT2D eigenvalue weighted by Gasteiger charge is -2.04. The number of pyridine rings is 1. The maximum absolute atomic E-state index is 12.1. The van der Waals surface area contributed by atoms with Gasteiger partial charge in [-0.1, -0.05) is 0 Å². The molecule has 0 spiro atoms. The zero-order valence-electron chi connectivity index (χ0n) is 9.05. The van der Waals surface area contributed by atoms with Crippen LogP contribution in [0.15, 0.2) is 18.5 Å². The van der Waals surface area contributed by atoms with Gasteiger partial charge in [0.2, 0.25) is 0 Å². The molecule has 0 radical (unpaired) electrons. The molecule has 1 N–H and O–H groups in total. The van der Waals surface area contributed by atoms with Crippen molar-refractivity contribution in [3.05, 3.63) is 27.6 Å². The van der Waals surface area contributed by atoms with Gasteiger partial charge >= 0.3 is 12.1 Å². The van der Waals surface area contributed by atoms with Gasteiger partial charge in [0.15, 0.2) is 5.82 Å². The number of rotatable bonds is 1. The Hall–Kier alpha value is -1.32. The SMILES string of the molecule is Cc1cc(I)cn2cc(NC(=O)C(F)(F)F)nc12. The summed E-state index contributed by atoms with van der Waals surface area (Å²) < 4.78 is 38.8. The third-order valence-electron chi connectivity index (χ3n) is 2.20. The first-order valence-corrected chi connectivity index (χ1v) is 5.88. The summed E-state index contributed by atoms with van der Waals surface area (Å²) in [6.07, 6.45) is -1.87. The highest BCUT2D eigenvalue weighted by atomic mass is 127. The Bertz CT molecular complexity index is 621. The molecule has 0 aliphatic rings. The molecule has 0 aliphatic heterocycles. The van der Waals surface area contributed by atoms with Crippen LogP contribution in [-0.4, -0.2) is 21.5 Å². The average Bonchev–Trinajstić information content (AvgIpc) is 2.58. The van der Waals surface area contributed by atoms with Crippen molar-refractivity contribution < 1.29 is 18.0 Å². The minimum atomic E-state index is -4.92. The van der Waals surface area contributed by atoms with Crippen LogP contribution in [0.2, 0.25) is 0 Å². The molecule has 0 atom stereocenters. The minimum Gasteiger partial charge on any atom is -0.304 e. The second kappa shape index (κ2) is 4.41. The zero-order valence-corrected chi connectivity index (χ0v) is 11.2. The number of imidazole rings is 1. The monoisotopic (exact) mass is 369 g/mol. The summed E-state index contributed by atoms with van der Waals surface area (Å²) in [5.41, 5.74) is 1.32. The number of carbonyl (C=O) groups excluding carboxylic acids is 1. The Morgan fingerprint density at radius 3 is 2.72 bits per heavy atom. The van der Waals surface area contributed by atoms with E-state index in [1.165, 1.54) is 6.20 Å². The molecular formula is C10H7F3IN3O. The lowest BCUT2D eigenvalue weighted by molar-refractivity contribution is -0.167. The predicted octanol–water partition coefficient (Wildman–Crippen LogP) is 2.75. The summed E-state index contributed by atoms with van der Waals surface area (Å²) >= 11 is 2.09. The van der Waals surface area contributed by atoms with E-state index in [1.807, 2.05) is 6.07 Å². The van der Waals surface area contributed by atoms with E-state index in [2.05, 4.69) is 27.6 Å². The van der Waals surface area contributed by atoms with Crippen LogP contribution in [0.1, 0.15) is 5.56 Å². The molecule has 8 heteroatoms. The number of hydrogen-bond donors (Lipinski definition) is 1. The van der Waals surface area contributed by atoms with E-state index in [4.69, 9.17) is 0 Å². The topological polar surface area (TPSA) is 46.4 Å². The lowest BCUT2D eigenvalue weighted by atomic mass is 10.3. The molecule has 2 rings (SSSR count). The van der Waals surface area contributed by atoms with Crippen LogP contribution in [0.5, 0.6) is 0 Å². The normalized spacial score (nSPS) is 11.8. The molecule has 0 unspecified atom stereocenters. The van der Waals surface area contributed by atoms with Gasteiger partial charge in [0.1, 0.15) is 5.65 Å². The maximum Gasteiger partial charge on any atom is 0.471 e. The summed E-state index contributed by atoms with van der Waals surface area (Å²) in [7, 11) is 0. The average molecular weight is 369 g/mol. The summed E-state index contributed by atoms with van der Waals surface area (Å²) in [4.78, 5) is 14.7. The largest absolute Gasteiger partial charge is 0.471 e. The molecule has 4 nitrogen and oxygen atoms in total. The van der Waals surface area contributed by atoms with Crippen molar-refractivity contribution >= 4 is 40.0 Å². The van der Waals surface area contributed by atoms with E-state index >= 15 is 0 Å². The van der Waals surface area contributed by atoms with Crippen molar-refractivity contribution in [1.29, 1.82) is 0 Å². The molecular weight excluding hydrogens is 362 g/mol. The quantitative estimate of drug-likeness (QED) is 0.786. The summed E-state index contributed by atoms with van der Waals surface area (Å²) in [5.74, 6) is -2.15. The van der Waals surface area contributed by atoms with Crippen LogP contribution in [0.3, 0.4) is 0 Å². The van der Waals surface area contributed by atoms with Crippen molar-refractivity contribution in [3.63, 3.8) is 0 Å². The Morgan fingerprint density at radius 2 is 2.11 bits per heavy atom. The van der Waals surface area contributed by atoms with Gasteiger partial charge < -0.3 is 9.72 Å². The van der Waals surface area contributed by atoms with Crippen molar-refractivity contribution in [2.75, 3.05) is 5.32 Å². The van der Waals surface area contributed by atoms with E-state index in [1.54, 1.807) is 22.8 Å². The highest BCUT2D eigenvalue weighted by molar-refractivity contribution is 14.1. The summed E-state index contributed by atoms with van der Waals surface area (Å²) in [6, 6.07) is 1.85. The fraction of sp³-hybridized carbons (Fsp3) is 0.200. The Kier molecular flexibility index (Phi) is 3.21. The van der Waals surface area contributed by atoms with E-state index < -0.39 is 12.1 Å². The number of halogens is 4. The van der Waals surface area contributed by atoms with Crippen LogP contribution in [0, 0.1) is 10.5 Å². The Balaban J connectivity index is 2.37. The number of carbonyl (C=O) groups is 1. The Labute approximate surface area is 113 Å². The molecule has 2 aromatic heterocycles. The molecule has 2 aromatic rings. The molecule has 0 bridgehead atoms. The van der Waals surface area contributed by atoms with Crippen LogP contribution in [0.4, 0.5) is 19.0 Å². The molecule has 2 heterocycles. The standard InChI is InChI=1S/C10H7F3IN3O/c1-5-2-6(14)3-17-4-7(15-8(5)17)16-9(18)10(11,12)13/h2-4H,1H3,(H,16,18). The third-order valence-corrected chi connectivity index (χ3v) is 2.79. The van der Waals surface area contributed by atoms with E-state index in [0.29, 0.717) is 5.65 Å². The molecule has 0 saturated carbocycles. The van der Waals surface area contributed by atoms with Gasteiger partial charge in [-0.05, 0) is 41.1 Å². The lowest BCUT2D eigenvalue weighted by Crippen LogP contribution is -2.30. The Morgan fingerprint density at radius 1 is 1.44 bits per heavy atom. The minimum absolute atomic E-state index is 0.123. The molecule has 0 aromatic carbocycles. The van der Waals surface area contributed by atoms with Gasteiger partial charge in [-0.3, -0.25) is 4.79 Å². The van der Waals surface area contributed by atoms with Gasteiger partial charge in [0.05, 0.1) is 6.20 Å². The molecule has 0 aliphatic carbocycles. The maximum atomic E-state index is 12.1. The first-order valence-electron chi connectivity index (χ1n) is 4.80. The van der Waals surface area contributed by atoms with Crippen molar-refractivity contribution in [2.45, 2.75) is 13.1 Å². The number of nitrogens with zero attached hydrogens (tertiary/aromatic N) is 2. The molecule has 0 fully saturated rings. The van der Waals surface area contributed by atoms with Crippen LogP contribution < -0.4 is 5.32 Å². The van der Waals surface area contributed by atoms with Crippen molar-refractivity contribution in [1.82, 2.24) is 9.38 Å². The highest BCUT2D eigenvalue weighted by Gasteiger charge is 2.39. The van der Waals surface area contributed by atoms with Gasteiger partial charge in [-0.2, -0.15) is 13.2 Å². The fourth-order valence-corrected chi connectivity index (χ4v) is 2.24. The number of aromatic nitrogens is 2. The van der Waals surface area contributed by atoms with Gasteiger partial charge in [0.25, 0.3) is 0 Å². The molecule has 1 amide bonds. The van der Waals surface area contributed by atoms with Gasteiger partial charge in [-0.15, -0.1) is 0 Å². The third kappa shape index (κ3) is 2.57. The van der Waals surface area contributed by atoms with Crippen molar-refractivity contribution in [2.24, 2.45) is 0 Å². The fourth-order valence-electron chi connectivity index (χ4n) is 1.47. The molecule has 18 heavy (non-hydrogen) atoms. The summed E-state index contributed by atoms with van der Waals surface area (Å²) in [5, 5.41) is 1.72. The number of nitrogens with one attached hydrogen (secondary N) is 1. The van der Waals surface area contributed by atoms with Gasteiger partial charge in [-0.25, -0.2) is 4.98 Å². The van der Waals surface area contributed by atoms with Crippen LogP contribution >= 0.6 is 22.6 Å². The number of amides is 1. The predicted molar refractivity (Wildman–Crippen MR) is 67.3 cm³/mol. The second-order valence-corrected chi connectivity index (χ2v) is 4.90. The number of aryl methyl sites for hydroxylation is 1. The van der Waals surface area contributed by atoms with Gasteiger partial charge in [0, 0.05) is 9.77 Å². The molecule has 0 saturated heterocycles. The zero-order chi connectivity index (χ0) is 13.5. The van der Waals surface area contributed by atoms with Crippen molar-refractivity contribution in [3.8, 4) is 0 Å². The number of hydrogen-bond acceptors (Lipinski definition) is 2. The molecule has 96 valence electrons. The number of anilines is 1. The van der Waals surface area contributed by atoms with E-state index in [9.17, 15) is 18.0 Å². The first kappa shape index (κ1) is 13.1. The smallest absolute Gasteiger partial charge is 0.304 e. The second-order valence-electron chi connectivity index (χ2n) is 3.65. The number of alkyl halides is 3. The van der Waals surface area contributed by atoms with E-state index in [0.717, 1.165) is 9.13 Å². The highest BCUT2D eigenvalue weighted by Crippen LogP contribution is 2.20. The van der Waals surface area contributed by atoms with Crippen LogP contribution in [0.25, 0.3) is 5.65 Å². The van der Waals surface area contributed by atoms with Crippen LogP contribution in [-0.2, 0) is 4.79 Å².